The van der Waals surface area contributed by atoms with Crippen molar-refractivity contribution in [2.75, 3.05) is 19.7 Å². The number of nitrogens with zero attached hydrogens (tertiary/aromatic N) is 4. The molecule has 0 N–H and O–H groups in total. The van der Waals surface area contributed by atoms with Crippen LogP contribution in [0.1, 0.15) is 43.9 Å². The fourth-order valence-electron chi connectivity index (χ4n) is 3.49. The molecule has 25 heavy (non-hydrogen) atoms. The highest BCUT2D eigenvalue weighted by Crippen LogP contribution is 2.29. The van der Waals surface area contributed by atoms with Gasteiger partial charge in [0.1, 0.15) is 0 Å². The molecule has 2 fully saturated rings. The highest BCUT2D eigenvalue weighted by molar-refractivity contribution is 5.77. The minimum Gasteiger partial charge on any atom is -0.420 e. The molecule has 0 unspecified atom stereocenters. The third-order valence-corrected chi connectivity index (χ3v) is 4.92. The highest BCUT2D eigenvalue weighted by Gasteiger charge is 2.32. The van der Waals surface area contributed by atoms with E-state index in [2.05, 4.69) is 15.2 Å². The predicted octanol–water partition coefficient (Wildman–Crippen LogP) is 2.41. The molecule has 2 aliphatic heterocycles. The van der Waals surface area contributed by atoms with Gasteiger partial charge >= 0.3 is 0 Å². The quantitative estimate of drug-likeness (QED) is 0.849. The van der Waals surface area contributed by atoms with Crippen molar-refractivity contribution in [1.82, 2.24) is 20.1 Å². The van der Waals surface area contributed by atoms with Crippen LogP contribution in [0, 0.1) is 0 Å². The van der Waals surface area contributed by atoms with Gasteiger partial charge in [-0.25, -0.2) is 0 Å². The SMILES string of the molecule is O=C(C[C@H]1CCCCO1)N1CC[C@@H](c2nnc(-c3cccnc3)o2)C1. The highest BCUT2D eigenvalue weighted by atomic mass is 16.5. The minimum atomic E-state index is 0.0842. The summed E-state index contributed by atoms with van der Waals surface area (Å²) in [5.41, 5.74) is 0.807. The van der Waals surface area contributed by atoms with Gasteiger partial charge in [-0.05, 0) is 37.8 Å². The fourth-order valence-corrected chi connectivity index (χ4v) is 3.49. The maximum Gasteiger partial charge on any atom is 0.249 e. The van der Waals surface area contributed by atoms with E-state index < -0.39 is 0 Å². The molecule has 132 valence electrons. The number of pyridine rings is 1. The van der Waals surface area contributed by atoms with Crippen molar-refractivity contribution in [2.45, 2.75) is 44.1 Å². The molecule has 0 radical (unpaired) electrons. The lowest BCUT2D eigenvalue weighted by Crippen LogP contribution is -2.33. The summed E-state index contributed by atoms with van der Waals surface area (Å²) in [6.07, 6.45) is 8.07. The molecule has 2 saturated heterocycles. The molecule has 0 aliphatic carbocycles. The van der Waals surface area contributed by atoms with Crippen LogP contribution in [0.2, 0.25) is 0 Å². The Bertz CT molecular complexity index is 712. The van der Waals surface area contributed by atoms with Gasteiger partial charge in [-0.2, -0.15) is 0 Å². The van der Waals surface area contributed by atoms with E-state index in [0.29, 0.717) is 24.7 Å². The summed E-state index contributed by atoms with van der Waals surface area (Å²) in [6.45, 7) is 2.15. The van der Waals surface area contributed by atoms with Gasteiger partial charge in [0.25, 0.3) is 0 Å². The van der Waals surface area contributed by atoms with Crippen LogP contribution in [0.15, 0.2) is 28.9 Å². The molecule has 2 aliphatic rings. The Balaban J connectivity index is 1.36. The summed E-state index contributed by atoms with van der Waals surface area (Å²) in [6, 6.07) is 3.72. The standard InChI is InChI=1S/C18H22N4O3/c23-16(10-15-5-1-2-9-24-15)22-8-6-14(12-22)18-21-20-17(25-18)13-4-3-7-19-11-13/h3-4,7,11,14-15H,1-2,5-6,8-10,12H2/t14-,15-/m1/s1. The van der Waals surface area contributed by atoms with Crippen molar-refractivity contribution in [3.63, 3.8) is 0 Å². The number of carbonyl (C=O) groups excluding carboxylic acids is 1. The van der Waals surface area contributed by atoms with Gasteiger partial charge in [-0.15, -0.1) is 10.2 Å². The van der Waals surface area contributed by atoms with E-state index in [4.69, 9.17) is 9.15 Å². The van der Waals surface area contributed by atoms with Crippen molar-refractivity contribution < 1.29 is 13.9 Å². The molecule has 0 bridgehead atoms. The summed E-state index contributed by atoms with van der Waals surface area (Å²) in [7, 11) is 0. The largest absolute Gasteiger partial charge is 0.420 e. The van der Waals surface area contributed by atoms with Gasteiger partial charge in [0.05, 0.1) is 24.0 Å². The summed E-state index contributed by atoms with van der Waals surface area (Å²) >= 11 is 0. The molecule has 0 aromatic carbocycles. The number of hydrogen-bond donors (Lipinski definition) is 0. The lowest BCUT2D eigenvalue weighted by molar-refractivity contribution is -0.134. The maximum absolute atomic E-state index is 12.5. The maximum atomic E-state index is 12.5. The van der Waals surface area contributed by atoms with E-state index >= 15 is 0 Å². The Hall–Kier alpha value is -2.28. The Labute approximate surface area is 146 Å². The molecule has 4 rings (SSSR count). The first-order valence-electron chi connectivity index (χ1n) is 8.93. The molecule has 2 atom stereocenters. The lowest BCUT2D eigenvalue weighted by atomic mass is 10.1. The van der Waals surface area contributed by atoms with Crippen molar-refractivity contribution in [3.8, 4) is 11.5 Å². The first-order chi connectivity index (χ1) is 12.3. The lowest BCUT2D eigenvalue weighted by Gasteiger charge is -2.24. The van der Waals surface area contributed by atoms with E-state index in [0.717, 1.165) is 44.4 Å². The second-order valence-corrected chi connectivity index (χ2v) is 6.71. The predicted molar refractivity (Wildman–Crippen MR) is 89.7 cm³/mol. The number of rotatable bonds is 4. The van der Waals surface area contributed by atoms with Crippen LogP contribution in [0.5, 0.6) is 0 Å². The average molecular weight is 342 g/mol. The first kappa shape index (κ1) is 16.2. The zero-order chi connectivity index (χ0) is 17.1. The molecule has 0 saturated carbocycles. The van der Waals surface area contributed by atoms with Crippen molar-refractivity contribution >= 4 is 5.91 Å². The van der Waals surface area contributed by atoms with E-state index in [-0.39, 0.29) is 17.9 Å². The normalized spacial score (nSPS) is 23.8. The van der Waals surface area contributed by atoms with Gasteiger partial charge < -0.3 is 14.1 Å². The number of likely N-dealkylation sites (tertiary alicyclic amines) is 1. The molecule has 1 amide bonds. The van der Waals surface area contributed by atoms with Crippen molar-refractivity contribution in [3.05, 3.63) is 30.4 Å². The summed E-state index contributed by atoms with van der Waals surface area (Å²) < 4.78 is 11.5. The van der Waals surface area contributed by atoms with Gasteiger partial charge in [-0.1, -0.05) is 0 Å². The fraction of sp³-hybridized carbons (Fsp3) is 0.556. The zero-order valence-corrected chi connectivity index (χ0v) is 14.1. The van der Waals surface area contributed by atoms with Crippen LogP contribution in [-0.4, -0.2) is 51.8 Å². The van der Waals surface area contributed by atoms with Crippen molar-refractivity contribution in [1.29, 1.82) is 0 Å². The number of amides is 1. The van der Waals surface area contributed by atoms with Crippen LogP contribution in [-0.2, 0) is 9.53 Å². The van der Waals surface area contributed by atoms with E-state index in [1.54, 1.807) is 12.4 Å². The first-order valence-corrected chi connectivity index (χ1v) is 8.93. The summed E-state index contributed by atoms with van der Waals surface area (Å²) in [5.74, 6) is 1.35. The van der Waals surface area contributed by atoms with Crippen LogP contribution in [0.3, 0.4) is 0 Å². The molecular formula is C18H22N4O3. The van der Waals surface area contributed by atoms with E-state index in [1.807, 2.05) is 17.0 Å². The molecule has 2 aromatic heterocycles. The van der Waals surface area contributed by atoms with E-state index in [1.165, 1.54) is 0 Å². The number of ether oxygens (including phenoxy) is 1. The third kappa shape index (κ3) is 3.71. The Kier molecular flexibility index (Phi) is 4.74. The monoisotopic (exact) mass is 342 g/mol. The molecule has 0 spiro atoms. The van der Waals surface area contributed by atoms with Crippen molar-refractivity contribution in [2.24, 2.45) is 0 Å². The molecule has 4 heterocycles. The number of carbonyl (C=O) groups is 1. The minimum absolute atomic E-state index is 0.0842. The van der Waals surface area contributed by atoms with Crippen LogP contribution < -0.4 is 0 Å². The molecule has 7 heteroatoms. The van der Waals surface area contributed by atoms with Crippen LogP contribution >= 0.6 is 0 Å². The van der Waals surface area contributed by atoms with Gasteiger partial charge in [-0.3, -0.25) is 9.78 Å². The zero-order valence-electron chi connectivity index (χ0n) is 14.1. The second kappa shape index (κ2) is 7.31. The third-order valence-electron chi connectivity index (χ3n) is 4.92. The molecular weight excluding hydrogens is 320 g/mol. The second-order valence-electron chi connectivity index (χ2n) is 6.71. The van der Waals surface area contributed by atoms with Crippen LogP contribution in [0.4, 0.5) is 0 Å². The Morgan fingerprint density at radius 2 is 2.24 bits per heavy atom. The molecule has 2 aromatic rings. The van der Waals surface area contributed by atoms with Gasteiger partial charge in [0, 0.05) is 32.1 Å². The Morgan fingerprint density at radius 1 is 1.28 bits per heavy atom. The van der Waals surface area contributed by atoms with Gasteiger partial charge in [0.15, 0.2) is 0 Å². The summed E-state index contributed by atoms with van der Waals surface area (Å²) in [4.78, 5) is 18.5. The number of aromatic nitrogens is 3. The number of hydrogen-bond acceptors (Lipinski definition) is 6. The van der Waals surface area contributed by atoms with Crippen LogP contribution in [0.25, 0.3) is 11.5 Å². The summed E-state index contributed by atoms with van der Waals surface area (Å²) in [5, 5.41) is 8.29. The van der Waals surface area contributed by atoms with Gasteiger partial charge in [0.2, 0.25) is 17.7 Å². The van der Waals surface area contributed by atoms with E-state index in [9.17, 15) is 4.79 Å². The Morgan fingerprint density at radius 3 is 3.04 bits per heavy atom. The average Bonchev–Trinajstić information content (AvgIpc) is 3.33. The smallest absolute Gasteiger partial charge is 0.249 e. The molecule has 7 nitrogen and oxygen atoms in total. The topological polar surface area (TPSA) is 81.4 Å².